The van der Waals surface area contributed by atoms with Crippen LogP contribution in [0.5, 0.6) is 0 Å². The highest BCUT2D eigenvalue weighted by molar-refractivity contribution is 6.70. The lowest BCUT2D eigenvalue weighted by Gasteiger charge is -2.35. The van der Waals surface area contributed by atoms with Crippen LogP contribution in [0.15, 0.2) is 108 Å². The maximum absolute atomic E-state index is 6.84. The lowest BCUT2D eigenvalue weighted by molar-refractivity contribution is 0.669. The molecule has 0 aliphatic heterocycles. The summed E-state index contributed by atoms with van der Waals surface area (Å²) in [4.78, 5) is 16.4. The molecule has 0 amide bonds. The maximum atomic E-state index is 6.84. The Morgan fingerprint density at radius 1 is 0.387 bits per heavy atom. The van der Waals surface area contributed by atoms with Crippen LogP contribution in [0.2, 0.25) is 0 Å². The number of fused-ring (bicyclic) bond motifs is 13. The van der Waals surface area contributed by atoms with Crippen LogP contribution in [0, 0.1) is 0 Å². The van der Waals surface area contributed by atoms with Gasteiger partial charge in [-0.1, -0.05) is 125 Å². The Morgan fingerprint density at radius 3 is 1.55 bits per heavy atom. The van der Waals surface area contributed by atoms with Crippen LogP contribution in [0.1, 0.15) is 33.4 Å². The van der Waals surface area contributed by atoms with Gasteiger partial charge in [0.1, 0.15) is 89.6 Å². The number of para-hydroxylation sites is 1. The van der Waals surface area contributed by atoms with E-state index < -0.39 is 5.41 Å². The monoisotopic (exact) mass is 783 g/mol. The van der Waals surface area contributed by atoms with Crippen LogP contribution in [0.3, 0.4) is 0 Å². The van der Waals surface area contributed by atoms with Crippen LogP contribution < -0.4 is 54.6 Å². The first-order valence-electron chi connectivity index (χ1n) is 21.8. The third kappa shape index (κ3) is 5.19. The van der Waals surface area contributed by atoms with Gasteiger partial charge in [0.15, 0.2) is 17.5 Å². The van der Waals surface area contributed by atoms with Gasteiger partial charge in [0.25, 0.3) is 0 Å². The third-order valence-electron chi connectivity index (χ3n) is 15.2. The SMILES string of the molecule is Bc1c(B)c(B)c(-c2nc(-c3ccc4c(c3)C3(c5ccccc5C=C4)c4ccccc4-c4c3ccc3c4oc4ccccc43)nc(-c3c(B)c(B)c(B)c(B)c3B)n2)c(B)c1B. The highest BCUT2D eigenvalue weighted by atomic mass is 16.3. The van der Waals surface area contributed by atoms with Gasteiger partial charge in [-0.05, 0) is 51.1 Å². The summed E-state index contributed by atoms with van der Waals surface area (Å²) in [6.45, 7) is 0. The minimum absolute atomic E-state index is 0.660. The molecular weight excluding hydrogens is 743 g/mol. The maximum Gasteiger partial charge on any atom is 0.164 e. The molecule has 282 valence electrons. The number of benzene rings is 7. The molecular formula is C48H39B10N3O. The van der Waals surface area contributed by atoms with E-state index in [1.54, 1.807) is 0 Å². The summed E-state index contributed by atoms with van der Waals surface area (Å²) in [5, 5.41) is 2.26. The van der Waals surface area contributed by atoms with Crippen molar-refractivity contribution in [2.75, 3.05) is 0 Å². The summed E-state index contributed by atoms with van der Waals surface area (Å²) >= 11 is 0. The summed E-state index contributed by atoms with van der Waals surface area (Å²) in [7, 11) is 22.2. The first-order valence-corrected chi connectivity index (χ1v) is 21.8. The quantitative estimate of drug-likeness (QED) is 0.168. The molecule has 1 spiro atoms. The predicted octanol–water partition coefficient (Wildman–Crippen LogP) is -5.80. The fourth-order valence-electron chi connectivity index (χ4n) is 11.0. The second-order valence-corrected chi connectivity index (χ2v) is 17.8. The van der Waals surface area contributed by atoms with Gasteiger partial charge in [-0.25, -0.2) is 15.0 Å². The topological polar surface area (TPSA) is 51.8 Å². The van der Waals surface area contributed by atoms with E-state index in [4.69, 9.17) is 19.4 Å². The first kappa shape index (κ1) is 38.6. The Labute approximate surface area is 372 Å². The minimum atomic E-state index is -0.667. The van der Waals surface area contributed by atoms with Gasteiger partial charge in [0.05, 0.1) is 5.41 Å². The van der Waals surface area contributed by atoms with Crippen molar-refractivity contribution in [3.05, 3.63) is 137 Å². The van der Waals surface area contributed by atoms with Gasteiger partial charge >= 0.3 is 0 Å². The molecule has 1 atom stereocenters. The molecule has 0 N–H and O–H groups in total. The molecule has 62 heavy (non-hydrogen) atoms. The van der Waals surface area contributed by atoms with E-state index in [2.05, 4.69) is 194 Å². The molecule has 0 fully saturated rings. The van der Waals surface area contributed by atoms with Gasteiger partial charge in [-0.15, -0.1) is 32.8 Å². The second kappa shape index (κ2) is 13.9. The Balaban J connectivity index is 1.24. The Morgan fingerprint density at radius 2 is 0.903 bits per heavy atom. The molecule has 11 rings (SSSR count). The van der Waals surface area contributed by atoms with E-state index in [-0.39, 0.29) is 0 Å². The summed E-state index contributed by atoms with van der Waals surface area (Å²) in [6.07, 6.45) is 4.57. The first-order chi connectivity index (χ1) is 29.9. The van der Waals surface area contributed by atoms with E-state index in [1.165, 1.54) is 88.0 Å². The Hall–Kier alpha value is -6.26. The fraction of sp³-hybridized carbons (Fsp3) is 0.0208. The number of rotatable bonds is 3. The molecule has 2 aromatic heterocycles. The van der Waals surface area contributed by atoms with Crippen molar-refractivity contribution in [1.82, 2.24) is 15.0 Å². The molecule has 7 aromatic carbocycles. The molecule has 1 unspecified atom stereocenters. The standard InChI is InChI=1S/C48H39B10N3O/c49-34-32(35(50)39(54)42(57)38(34)53)46-59-45(60-47(61-46)33-36(51)40(55)43(58)41(56)37(33)52)22-16-15-21-14-13-20-7-1-4-10-26(20)48(29(21)19-22)27-11-5-2-9-25(27)31-28(48)18-17-24-23-8-3-6-12-30(23)62-44(24)31/h1-19H,49-58H2. The van der Waals surface area contributed by atoms with Crippen molar-refractivity contribution in [3.63, 3.8) is 0 Å². The largest absolute Gasteiger partial charge is 0.455 e. The molecule has 2 aliphatic carbocycles. The van der Waals surface area contributed by atoms with E-state index in [0.29, 0.717) is 17.5 Å². The van der Waals surface area contributed by atoms with Crippen molar-refractivity contribution in [2.24, 2.45) is 0 Å². The van der Waals surface area contributed by atoms with Crippen LogP contribution >= 0.6 is 0 Å². The number of aromatic nitrogens is 3. The van der Waals surface area contributed by atoms with Gasteiger partial charge in [0, 0.05) is 33.0 Å². The highest BCUT2D eigenvalue weighted by Crippen LogP contribution is 2.60. The summed E-state index contributed by atoms with van der Waals surface area (Å²) < 4.78 is 6.84. The van der Waals surface area contributed by atoms with E-state index in [9.17, 15) is 0 Å². The predicted molar refractivity (Wildman–Crippen MR) is 291 cm³/mol. The zero-order chi connectivity index (χ0) is 42.9. The lowest BCUT2D eigenvalue weighted by Crippen LogP contribution is -2.55. The van der Waals surface area contributed by atoms with E-state index in [0.717, 1.165) is 49.8 Å². The average molecular weight is 782 g/mol. The fourth-order valence-corrected chi connectivity index (χ4v) is 11.0. The minimum Gasteiger partial charge on any atom is -0.455 e. The summed E-state index contributed by atoms with van der Waals surface area (Å²) in [5.41, 5.74) is 26.4. The number of hydrogen-bond donors (Lipinski definition) is 0. The molecule has 0 radical (unpaired) electrons. The third-order valence-corrected chi connectivity index (χ3v) is 15.2. The lowest BCUT2D eigenvalue weighted by atomic mass is 9.60. The number of furan rings is 1. The molecule has 14 heteroatoms. The van der Waals surface area contributed by atoms with Crippen molar-refractivity contribution in [2.45, 2.75) is 5.41 Å². The van der Waals surface area contributed by atoms with Gasteiger partial charge in [0.2, 0.25) is 0 Å². The molecule has 0 saturated heterocycles. The Bertz CT molecular complexity index is 3360. The van der Waals surface area contributed by atoms with Gasteiger partial charge < -0.3 is 4.42 Å². The van der Waals surface area contributed by atoms with Crippen LogP contribution in [-0.2, 0) is 5.41 Å². The zero-order valence-electron chi connectivity index (χ0n) is 37.2. The average Bonchev–Trinajstić information content (AvgIpc) is 3.77. The van der Waals surface area contributed by atoms with Crippen LogP contribution in [0.4, 0.5) is 0 Å². The van der Waals surface area contributed by atoms with Gasteiger partial charge in [-0.3, -0.25) is 0 Å². The molecule has 4 nitrogen and oxygen atoms in total. The summed E-state index contributed by atoms with van der Waals surface area (Å²) in [5.74, 6) is 2.08. The van der Waals surface area contributed by atoms with E-state index >= 15 is 0 Å². The number of hydrogen-bond acceptors (Lipinski definition) is 4. The van der Waals surface area contributed by atoms with Crippen molar-refractivity contribution in [1.29, 1.82) is 0 Å². The normalized spacial score (nSPS) is 14.8. The molecule has 0 saturated carbocycles. The van der Waals surface area contributed by atoms with Crippen molar-refractivity contribution < 1.29 is 4.42 Å². The molecule has 0 bridgehead atoms. The molecule has 9 aromatic rings. The van der Waals surface area contributed by atoms with E-state index in [1.807, 2.05) is 0 Å². The van der Waals surface area contributed by atoms with Gasteiger partial charge in [-0.2, -0.15) is 0 Å². The molecule has 2 aliphatic rings. The zero-order valence-corrected chi connectivity index (χ0v) is 37.2. The van der Waals surface area contributed by atoms with Crippen molar-refractivity contribution >= 4 is 167 Å². The van der Waals surface area contributed by atoms with Crippen molar-refractivity contribution in [3.8, 4) is 45.3 Å². The second-order valence-electron chi connectivity index (χ2n) is 17.8. The van der Waals surface area contributed by atoms with Crippen LogP contribution in [0.25, 0.3) is 79.4 Å². The smallest absolute Gasteiger partial charge is 0.164 e. The Kier molecular flexibility index (Phi) is 8.65. The summed E-state index contributed by atoms with van der Waals surface area (Å²) in [6, 6.07) is 37.7. The number of nitrogens with zero attached hydrogens (tertiary/aromatic N) is 3. The molecule has 2 heterocycles. The van der Waals surface area contributed by atoms with Crippen LogP contribution in [-0.4, -0.2) is 93.4 Å². The highest BCUT2D eigenvalue weighted by Gasteiger charge is 2.49.